The zero-order valence-corrected chi connectivity index (χ0v) is 23.6. The molecule has 4 aromatic rings. The average Bonchev–Trinajstić information content (AvgIpc) is 3.17. The van der Waals surface area contributed by atoms with Gasteiger partial charge in [-0.2, -0.15) is 0 Å². The van der Waals surface area contributed by atoms with Crippen molar-refractivity contribution in [2.45, 2.75) is 32.5 Å². The van der Waals surface area contributed by atoms with E-state index in [1.807, 2.05) is 37.3 Å². The maximum atomic E-state index is 12.2. The van der Waals surface area contributed by atoms with Crippen molar-refractivity contribution in [3.05, 3.63) is 125 Å². The molecule has 0 heterocycles. The highest BCUT2D eigenvalue weighted by molar-refractivity contribution is 5.79. The molecule has 4 aromatic carbocycles. The van der Waals surface area contributed by atoms with Crippen molar-refractivity contribution in [2.24, 2.45) is 0 Å². The highest BCUT2D eigenvalue weighted by Crippen LogP contribution is 2.37. The Balaban J connectivity index is 1.24. The zero-order valence-electron chi connectivity index (χ0n) is 23.6. The third-order valence-electron chi connectivity index (χ3n) is 7.10. The van der Waals surface area contributed by atoms with E-state index in [-0.39, 0.29) is 12.1 Å². The van der Waals surface area contributed by atoms with E-state index in [4.69, 9.17) is 18.9 Å². The van der Waals surface area contributed by atoms with Gasteiger partial charge in [0, 0.05) is 13.0 Å². The Morgan fingerprint density at radius 1 is 0.732 bits per heavy atom. The summed E-state index contributed by atoms with van der Waals surface area (Å²) in [4.78, 5) is 12.2. The van der Waals surface area contributed by atoms with E-state index >= 15 is 0 Å². The third kappa shape index (κ3) is 7.12. The summed E-state index contributed by atoms with van der Waals surface area (Å²) in [6.07, 6.45) is 3.99. The summed E-state index contributed by atoms with van der Waals surface area (Å²) in [6.45, 7) is 5.29. The van der Waals surface area contributed by atoms with Crippen molar-refractivity contribution < 1.29 is 23.7 Å². The molecule has 0 bridgehead atoms. The van der Waals surface area contributed by atoms with Crippen LogP contribution in [0.15, 0.2) is 97.1 Å². The molecule has 0 radical (unpaired) electrons. The van der Waals surface area contributed by atoms with Gasteiger partial charge >= 0.3 is 5.97 Å². The molecule has 5 rings (SSSR count). The van der Waals surface area contributed by atoms with Crippen LogP contribution in [0.25, 0.3) is 23.3 Å². The minimum atomic E-state index is -0.608. The van der Waals surface area contributed by atoms with Crippen LogP contribution in [0.4, 0.5) is 0 Å². The largest absolute Gasteiger partial charge is 0.491 e. The lowest BCUT2D eigenvalue weighted by Gasteiger charge is -2.22. The smallest absolute Gasteiger partial charge is 0.335 e. The lowest BCUT2D eigenvalue weighted by Crippen LogP contribution is -2.28. The number of hydrogen-bond acceptors (Lipinski definition) is 5. The fourth-order valence-electron chi connectivity index (χ4n) is 5.10. The first-order valence-electron chi connectivity index (χ1n) is 14.2. The highest BCUT2D eigenvalue weighted by Gasteiger charge is 2.23. The Morgan fingerprint density at radius 3 is 2.24 bits per heavy atom. The van der Waals surface area contributed by atoms with Crippen LogP contribution in [0.5, 0.6) is 5.75 Å². The van der Waals surface area contributed by atoms with Gasteiger partial charge in [-0.3, -0.25) is 0 Å². The van der Waals surface area contributed by atoms with Crippen molar-refractivity contribution in [2.75, 3.05) is 26.4 Å². The Hall–Kier alpha value is -4.19. The summed E-state index contributed by atoms with van der Waals surface area (Å²) >= 11 is 0. The van der Waals surface area contributed by atoms with E-state index in [9.17, 15) is 4.79 Å². The van der Waals surface area contributed by atoms with Crippen LogP contribution in [0.1, 0.15) is 47.8 Å². The number of fused-ring (bicyclic) bond motifs is 2. The molecule has 0 aliphatic heterocycles. The first-order valence-corrected chi connectivity index (χ1v) is 14.2. The predicted molar refractivity (Wildman–Crippen MR) is 163 cm³/mol. The van der Waals surface area contributed by atoms with Crippen LogP contribution < -0.4 is 4.74 Å². The Kier molecular flexibility index (Phi) is 9.63. The number of ether oxygens (including phenoxy) is 4. The molecular formula is C36H36O5. The van der Waals surface area contributed by atoms with E-state index in [0.29, 0.717) is 32.8 Å². The number of carbonyl (C=O) groups is 1. The quantitative estimate of drug-likeness (QED) is 0.135. The zero-order chi connectivity index (χ0) is 28.4. The average molecular weight is 549 g/mol. The molecule has 1 aliphatic rings. The lowest BCUT2D eigenvalue weighted by atomic mass is 9.93. The third-order valence-corrected chi connectivity index (χ3v) is 7.10. The van der Waals surface area contributed by atoms with Crippen molar-refractivity contribution in [1.29, 1.82) is 0 Å². The van der Waals surface area contributed by atoms with Gasteiger partial charge in [0.1, 0.15) is 18.5 Å². The summed E-state index contributed by atoms with van der Waals surface area (Å²) in [5.41, 5.74) is 7.94. The normalized spacial score (nSPS) is 14.4. The number of rotatable bonds is 12. The van der Waals surface area contributed by atoms with Crippen molar-refractivity contribution in [3.63, 3.8) is 0 Å². The molecule has 5 nitrogen and oxygen atoms in total. The predicted octanol–water partition coefficient (Wildman–Crippen LogP) is 7.53. The number of benzene rings is 4. The van der Waals surface area contributed by atoms with Crippen molar-refractivity contribution in [3.8, 4) is 16.9 Å². The van der Waals surface area contributed by atoms with Gasteiger partial charge in [0.25, 0.3) is 0 Å². The molecule has 210 valence electrons. The molecule has 2 unspecified atom stereocenters. The first-order chi connectivity index (χ1) is 20.2. The van der Waals surface area contributed by atoms with Gasteiger partial charge < -0.3 is 18.9 Å². The fraction of sp³-hybridized carbons (Fsp3) is 0.250. The summed E-state index contributed by atoms with van der Waals surface area (Å²) in [6, 6.07) is 33.1. The molecule has 0 N–H and O–H groups in total. The monoisotopic (exact) mass is 548 g/mol. The van der Waals surface area contributed by atoms with Gasteiger partial charge in [0.15, 0.2) is 6.10 Å². The fourth-order valence-corrected chi connectivity index (χ4v) is 5.10. The van der Waals surface area contributed by atoms with Gasteiger partial charge in [-0.1, -0.05) is 91.0 Å². The molecule has 0 saturated heterocycles. The second kappa shape index (κ2) is 13.9. The van der Waals surface area contributed by atoms with Gasteiger partial charge in [-0.25, -0.2) is 4.79 Å². The number of carbonyl (C=O) groups excluding carboxylic acids is 1. The second-order valence-electron chi connectivity index (χ2n) is 9.82. The first kappa shape index (κ1) is 28.3. The van der Waals surface area contributed by atoms with Crippen molar-refractivity contribution >= 4 is 18.1 Å². The molecular weight excluding hydrogens is 512 g/mol. The summed E-state index contributed by atoms with van der Waals surface area (Å²) in [5.74, 6) is 0.414. The number of esters is 1. The van der Waals surface area contributed by atoms with Gasteiger partial charge in [-0.05, 0) is 71.0 Å². The Morgan fingerprint density at radius 2 is 1.46 bits per heavy atom. The van der Waals surface area contributed by atoms with Gasteiger partial charge in [-0.15, -0.1) is 0 Å². The van der Waals surface area contributed by atoms with E-state index < -0.39 is 6.10 Å². The molecule has 0 saturated carbocycles. The Labute approximate surface area is 242 Å². The topological polar surface area (TPSA) is 54.0 Å². The molecule has 5 heteroatoms. The molecule has 1 aliphatic carbocycles. The summed E-state index contributed by atoms with van der Waals surface area (Å²) < 4.78 is 23.2. The van der Waals surface area contributed by atoms with Gasteiger partial charge in [0.2, 0.25) is 0 Å². The standard InChI is InChI=1S/C36H36O5/c1-3-38-34(36(37)39-4-2)24-26-14-19-31(20-15-26)40-22-23-41-35-32-13-9-8-12-28(32)16-17-30-25-29(18-21-33(30)35)27-10-6-5-7-11-27/h5-21,25,34-35H,3-4,22-24H2,1-2H3. The molecule has 0 amide bonds. The Bertz CT molecular complexity index is 1460. The molecule has 41 heavy (non-hydrogen) atoms. The molecule has 0 fully saturated rings. The molecule has 2 atom stereocenters. The van der Waals surface area contributed by atoms with Crippen LogP contribution >= 0.6 is 0 Å². The van der Waals surface area contributed by atoms with E-state index in [1.165, 1.54) is 11.1 Å². The van der Waals surface area contributed by atoms with Crippen LogP contribution in [0.2, 0.25) is 0 Å². The second-order valence-corrected chi connectivity index (χ2v) is 9.82. The minimum Gasteiger partial charge on any atom is -0.491 e. The van der Waals surface area contributed by atoms with Crippen LogP contribution in [-0.2, 0) is 25.4 Å². The van der Waals surface area contributed by atoms with E-state index in [0.717, 1.165) is 33.6 Å². The minimum absolute atomic E-state index is 0.203. The molecule has 0 aromatic heterocycles. The van der Waals surface area contributed by atoms with Crippen LogP contribution in [0.3, 0.4) is 0 Å². The lowest BCUT2D eigenvalue weighted by molar-refractivity contribution is -0.156. The maximum absolute atomic E-state index is 12.2. The molecule has 0 spiro atoms. The van der Waals surface area contributed by atoms with Gasteiger partial charge in [0.05, 0.1) is 13.2 Å². The van der Waals surface area contributed by atoms with E-state index in [2.05, 4.69) is 78.9 Å². The summed E-state index contributed by atoms with van der Waals surface area (Å²) in [7, 11) is 0. The van der Waals surface area contributed by atoms with E-state index in [1.54, 1.807) is 6.92 Å². The highest BCUT2D eigenvalue weighted by atomic mass is 16.6. The van der Waals surface area contributed by atoms with Crippen LogP contribution in [0, 0.1) is 0 Å². The number of hydrogen-bond donors (Lipinski definition) is 0. The maximum Gasteiger partial charge on any atom is 0.335 e. The summed E-state index contributed by atoms with van der Waals surface area (Å²) in [5, 5.41) is 0. The van der Waals surface area contributed by atoms with Crippen LogP contribution in [-0.4, -0.2) is 38.5 Å². The SMILES string of the molecule is CCOC(=O)C(Cc1ccc(OCCOC2c3ccccc3C=Cc3cc(-c4ccccc4)ccc32)cc1)OCC. The van der Waals surface area contributed by atoms with Crippen molar-refractivity contribution in [1.82, 2.24) is 0 Å².